The molecule has 0 fully saturated rings. The van der Waals surface area contributed by atoms with Crippen LogP contribution in [0.1, 0.15) is 31.8 Å². The molecule has 0 bridgehead atoms. The highest BCUT2D eigenvalue weighted by Gasteiger charge is 2.31. The zero-order valence-corrected chi connectivity index (χ0v) is 13.5. The van der Waals surface area contributed by atoms with Crippen molar-refractivity contribution in [3.63, 3.8) is 0 Å². The van der Waals surface area contributed by atoms with Gasteiger partial charge in [0.05, 0.1) is 0 Å². The van der Waals surface area contributed by atoms with Crippen LogP contribution in [0, 0.1) is 0 Å². The van der Waals surface area contributed by atoms with Crippen LogP contribution in [0.15, 0.2) is 43.8 Å². The average Bonchev–Trinajstić information content (AvgIpc) is 2.41. The smallest absolute Gasteiger partial charge is 0.194 e. The maximum absolute atomic E-state index is 12.5. The number of carbonyl (C=O) groups is 2. The fourth-order valence-corrected chi connectivity index (χ4v) is 2.97. The number of thiol groups is 4. The van der Waals surface area contributed by atoms with E-state index in [0.717, 1.165) is 0 Å². The molecule has 0 amide bonds. The second kappa shape index (κ2) is 4.87. The van der Waals surface area contributed by atoms with Crippen LogP contribution in [0.5, 0.6) is 0 Å². The molecule has 0 heterocycles. The van der Waals surface area contributed by atoms with Crippen LogP contribution in [0.25, 0.3) is 0 Å². The Hall–Kier alpha value is -0.820. The standard InChI is InChI=1S/C14H8O2S4/c15-13-5-1-9(17)10(18)2-6(5)14(16)8-4-12(20)11(19)3-7(8)13/h1-4,17-20H. The Kier molecular flexibility index (Phi) is 3.44. The number of hydrogen-bond acceptors (Lipinski definition) is 6. The highest BCUT2D eigenvalue weighted by molar-refractivity contribution is 7.83. The van der Waals surface area contributed by atoms with Gasteiger partial charge in [-0.05, 0) is 24.3 Å². The third kappa shape index (κ3) is 2.02. The number of benzene rings is 2. The zero-order chi connectivity index (χ0) is 14.6. The molecular formula is C14H8O2S4. The van der Waals surface area contributed by atoms with E-state index in [-0.39, 0.29) is 11.6 Å². The van der Waals surface area contributed by atoms with E-state index in [4.69, 9.17) is 0 Å². The van der Waals surface area contributed by atoms with Gasteiger partial charge in [-0.15, -0.1) is 50.5 Å². The molecule has 20 heavy (non-hydrogen) atoms. The van der Waals surface area contributed by atoms with Crippen molar-refractivity contribution in [1.29, 1.82) is 0 Å². The van der Waals surface area contributed by atoms with Gasteiger partial charge in [-0.3, -0.25) is 9.59 Å². The minimum absolute atomic E-state index is 0.207. The van der Waals surface area contributed by atoms with E-state index in [1.807, 2.05) is 0 Å². The summed E-state index contributed by atoms with van der Waals surface area (Å²) in [5.41, 5.74) is 1.41. The molecule has 100 valence electrons. The molecule has 6 heteroatoms. The lowest BCUT2D eigenvalue weighted by Gasteiger charge is -2.19. The molecule has 0 atom stereocenters. The number of hydrogen-bond donors (Lipinski definition) is 4. The van der Waals surface area contributed by atoms with Gasteiger partial charge >= 0.3 is 0 Å². The highest BCUT2D eigenvalue weighted by Crippen LogP contribution is 2.34. The van der Waals surface area contributed by atoms with Gasteiger partial charge in [-0.25, -0.2) is 0 Å². The van der Waals surface area contributed by atoms with Crippen LogP contribution in [0.4, 0.5) is 0 Å². The van der Waals surface area contributed by atoms with Crippen molar-refractivity contribution in [3.8, 4) is 0 Å². The summed E-state index contributed by atoms with van der Waals surface area (Å²) in [6.07, 6.45) is 0. The largest absolute Gasteiger partial charge is 0.289 e. The first-order chi connectivity index (χ1) is 9.40. The minimum Gasteiger partial charge on any atom is -0.289 e. The van der Waals surface area contributed by atoms with Gasteiger partial charge in [0, 0.05) is 41.8 Å². The van der Waals surface area contributed by atoms with Crippen molar-refractivity contribution < 1.29 is 9.59 Å². The van der Waals surface area contributed by atoms with E-state index < -0.39 is 0 Å². The molecule has 0 unspecified atom stereocenters. The number of ketones is 2. The maximum atomic E-state index is 12.5. The minimum atomic E-state index is -0.207. The lowest BCUT2D eigenvalue weighted by Crippen LogP contribution is -2.21. The van der Waals surface area contributed by atoms with Gasteiger partial charge in [0.25, 0.3) is 0 Å². The summed E-state index contributed by atoms with van der Waals surface area (Å²) in [6.45, 7) is 0. The lowest BCUT2D eigenvalue weighted by molar-refractivity contribution is 0.0978. The zero-order valence-electron chi connectivity index (χ0n) is 9.91. The normalized spacial score (nSPS) is 13.2. The molecule has 0 N–H and O–H groups in total. The molecule has 3 rings (SSSR count). The summed E-state index contributed by atoms with van der Waals surface area (Å²) < 4.78 is 0. The Labute approximate surface area is 137 Å². The van der Waals surface area contributed by atoms with Crippen LogP contribution in [-0.2, 0) is 0 Å². The van der Waals surface area contributed by atoms with Crippen molar-refractivity contribution >= 4 is 62.1 Å². The van der Waals surface area contributed by atoms with Gasteiger partial charge in [-0.2, -0.15) is 0 Å². The lowest BCUT2D eigenvalue weighted by atomic mass is 9.84. The van der Waals surface area contributed by atoms with E-state index in [1.165, 1.54) is 0 Å². The summed E-state index contributed by atoms with van der Waals surface area (Å²) in [7, 11) is 0. The molecule has 0 saturated heterocycles. The molecule has 1 aliphatic rings. The number of fused-ring (bicyclic) bond motifs is 2. The van der Waals surface area contributed by atoms with Gasteiger partial charge in [0.2, 0.25) is 0 Å². The van der Waals surface area contributed by atoms with Crippen molar-refractivity contribution in [1.82, 2.24) is 0 Å². The molecule has 2 aromatic carbocycles. The molecule has 2 aromatic rings. The summed E-state index contributed by atoms with van der Waals surface area (Å²) in [4.78, 5) is 27.3. The average molecular weight is 336 g/mol. The first-order valence-corrected chi connectivity index (χ1v) is 7.40. The SMILES string of the molecule is O=C1c2cc(S)c(S)cc2C(=O)c2cc(S)c(S)cc21. The molecule has 0 saturated carbocycles. The van der Waals surface area contributed by atoms with Crippen LogP contribution in [-0.4, -0.2) is 11.6 Å². The summed E-state index contributed by atoms with van der Waals surface area (Å²) >= 11 is 17.0. The van der Waals surface area contributed by atoms with Gasteiger partial charge in [-0.1, -0.05) is 0 Å². The van der Waals surface area contributed by atoms with E-state index in [0.29, 0.717) is 41.8 Å². The fraction of sp³-hybridized carbons (Fsp3) is 0. The second-order valence-corrected chi connectivity index (χ2v) is 6.36. The molecule has 0 aliphatic heterocycles. The topological polar surface area (TPSA) is 34.1 Å². The second-order valence-electron chi connectivity index (χ2n) is 4.43. The third-order valence-corrected chi connectivity index (χ3v) is 5.04. The van der Waals surface area contributed by atoms with Crippen molar-refractivity contribution in [2.45, 2.75) is 19.6 Å². The number of carbonyl (C=O) groups excluding carboxylic acids is 2. The predicted octanol–water partition coefficient (Wildman–Crippen LogP) is 3.62. The molecule has 0 aromatic heterocycles. The molecule has 0 spiro atoms. The Morgan fingerprint density at radius 2 is 0.700 bits per heavy atom. The monoisotopic (exact) mass is 336 g/mol. The van der Waals surface area contributed by atoms with Crippen LogP contribution in [0.3, 0.4) is 0 Å². The summed E-state index contributed by atoms with van der Waals surface area (Å²) in [5.74, 6) is -0.413. The summed E-state index contributed by atoms with van der Waals surface area (Å²) in [5, 5.41) is 0. The van der Waals surface area contributed by atoms with Crippen LogP contribution < -0.4 is 0 Å². The Bertz CT molecular complexity index is 667. The highest BCUT2D eigenvalue weighted by atomic mass is 32.1. The first kappa shape index (κ1) is 14.1. The van der Waals surface area contributed by atoms with Gasteiger partial charge in [0.15, 0.2) is 11.6 Å². The van der Waals surface area contributed by atoms with Crippen molar-refractivity contribution in [2.24, 2.45) is 0 Å². The third-order valence-electron chi connectivity index (χ3n) is 3.21. The van der Waals surface area contributed by atoms with Crippen LogP contribution >= 0.6 is 50.5 Å². The Morgan fingerprint density at radius 1 is 0.500 bits per heavy atom. The molecule has 0 radical (unpaired) electrons. The molecular weight excluding hydrogens is 328 g/mol. The summed E-state index contributed by atoms with van der Waals surface area (Å²) in [6, 6.07) is 6.32. The van der Waals surface area contributed by atoms with Crippen LogP contribution in [0.2, 0.25) is 0 Å². The van der Waals surface area contributed by atoms with Gasteiger partial charge < -0.3 is 0 Å². The maximum Gasteiger partial charge on any atom is 0.194 e. The van der Waals surface area contributed by atoms with E-state index in [1.54, 1.807) is 24.3 Å². The van der Waals surface area contributed by atoms with E-state index in [2.05, 4.69) is 50.5 Å². The Morgan fingerprint density at radius 3 is 0.900 bits per heavy atom. The first-order valence-electron chi connectivity index (χ1n) is 5.61. The van der Waals surface area contributed by atoms with Gasteiger partial charge in [0.1, 0.15) is 0 Å². The van der Waals surface area contributed by atoms with E-state index in [9.17, 15) is 9.59 Å². The van der Waals surface area contributed by atoms with Crippen molar-refractivity contribution in [2.75, 3.05) is 0 Å². The van der Waals surface area contributed by atoms with Crippen molar-refractivity contribution in [3.05, 3.63) is 46.5 Å². The van der Waals surface area contributed by atoms with E-state index >= 15 is 0 Å². The molecule has 2 nitrogen and oxygen atoms in total. The molecule has 1 aliphatic carbocycles. The Balaban J connectivity index is 2.33. The fourth-order valence-electron chi connectivity index (χ4n) is 2.20. The predicted molar refractivity (Wildman–Crippen MR) is 88.8 cm³/mol. The quantitative estimate of drug-likeness (QED) is 0.473. The number of rotatable bonds is 0.